The Kier molecular flexibility index (Phi) is 4.52. The minimum absolute atomic E-state index is 0.0694. The molecule has 0 fully saturated rings. The van der Waals surface area contributed by atoms with Crippen LogP contribution in [0.5, 0.6) is 0 Å². The molecular formula is C10H7BrF2N2O2. The molecule has 0 atom stereocenters. The first kappa shape index (κ1) is 13.5. The Labute approximate surface area is 104 Å². The molecule has 17 heavy (non-hydrogen) atoms. The van der Waals surface area contributed by atoms with E-state index in [9.17, 15) is 13.6 Å². The quantitative estimate of drug-likeness (QED) is 0.867. The smallest absolute Gasteiger partial charge is 0.309 e. The maximum Gasteiger partial charge on any atom is 0.309 e. The first-order valence-electron chi connectivity index (χ1n) is 4.48. The number of carbonyl (C=O) groups is 1. The summed E-state index contributed by atoms with van der Waals surface area (Å²) in [5.74, 6) is -1.27. The molecule has 90 valence electrons. The SMILES string of the molecule is N#Cc1cc(CBr)c(C(F)F)c(CC(=O)O)n1. The summed E-state index contributed by atoms with van der Waals surface area (Å²) in [5.41, 5.74) is -0.563. The number of alkyl halides is 3. The Bertz CT molecular complexity index is 486. The highest BCUT2D eigenvalue weighted by atomic mass is 79.9. The summed E-state index contributed by atoms with van der Waals surface area (Å²) in [6.07, 6.45) is -3.45. The normalized spacial score (nSPS) is 10.3. The van der Waals surface area contributed by atoms with E-state index >= 15 is 0 Å². The van der Waals surface area contributed by atoms with Crippen molar-refractivity contribution in [2.45, 2.75) is 18.2 Å². The van der Waals surface area contributed by atoms with Crippen LogP contribution in [0.1, 0.15) is 28.9 Å². The summed E-state index contributed by atoms with van der Waals surface area (Å²) in [6, 6.07) is 2.94. The average Bonchev–Trinajstić information content (AvgIpc) is 2.26. The number of carboxylic acid groups (broad SMARTS) is 1. The number of hydrogen-bond acceptors (Lipinski definition) is 3. The molecule has 0 unspecified atom stereocenters. The summed E-state index contributed by atoms with van der Waals surface area (Å²) in [5, 5.41) is 17.4. The van der Waals surface area contributed by atoms with Crippen molar-refractivity contribution in [1.82, 2.24) is 4.98 Å². The van der Waals surface area contributed by atoms with E-state index in [-0.39, 0.29) is 22.3 Å². The largest absolute Gasteiger partial charge is 0.481 e. The number of nitriles is 1. The number of halogens is 3. The van der Waals surface area contributed by atoms with Gasteiger partial charge in [-0.3, -0.25) is 4.79 Å². The number of nitrogens with zero attached hydrogens (tertiary/aromatic N) is 2. The summed E-state index contributed by atoms with van der Waals surface area (Å²) in [6.45, 7) is 0. The van der Waals surface area contributed by atoms with E-state index in [4.69, 9.17) is 10.4 Å². The van der Waals surface area contributed by atoms with Crippen LogP contribution in [0.3, 0.4) is 0 Å². The molecular weight excluding hydrogens is 298 g/mol. The van der Waals surface area contributed by atoms with E-state index in [0.717, 1.165) is 0 Å². The molecule has 0 bridgehead atoms. The maximum absolute atomic E-state index is 12.8. The van der Waals surface area contributed by atoms with Crippen molar-refractivity contribution >= 4 is 21.9 Å². The van der Waals surface area contributed by atoms with Gasteiger partial charge in [0.05, 0.1) is 12.1 Å². The molecule has 0 spiro atoms. The third-order valence-electron chi connectivity index (χ3n) is 2.02. The van der Waals surface area contributed by atoms with Crippen molar-refractivity contribution in [2.75, 3.05) is 0 Å². The third kappa shape index (κ3) is 3.20. The summed E-state index contributed by atoms with van der Waals surface area (Å²) < 4.78 is 25.6. The monoisotopic (exact) mass is 304 g/mol. The first-order valence-corrected chi connectivity index (χ1v) is 5.60. The number of hydrogen-bond donors (Lipinski definition) is 1. The fourth-order valence-corrected chi connectivity index (χ4v) is 1.84. The number of aliphatic carboxylic acids is 1. The van der Waals surface area contributed by atoms with Crippen LogP contribution >= 0.6 is 15.9 Å². The van der Waals surface area contributed by atoms with Gasteiger partial charge in [0.15, 0.2) is 0 Å². The second kappa shape index (κ2) is 5.68. The molecule has 0 aliphatic carbocycles. The fraction of sp³-hybridized carbons (Fsp3) is 0.300. The highest BCUT2D eigenvalue weighted by Crippen LogP contribution is 2.28. The third-order valence-corrected chi connectivity index (χ3v) is 2.62. The lowest BCUT2D eigenvalue weighted by atomic mass is 10.0. The Morgan fingerprint density at radius 3 is 2.71 bits per heavy atom. The van der Waals surface area contributed by atoms with Gasteiger partial charge in [-0.05, 0) is 11.6 Å². The zero-order valence-electron chi connectivity index (χ0n) is 8.45. The molecule has 0 aromatic carbocycles. The molecule has 0 saturated heterocycles. The molecule has 1 aromatic heterocycles. The van der Waals surface area contributed by atoms with Crippen LogP contribution in [0.4, 0.5) is 8.78 Å². The molecule has 1 aromatic rings. The van der Waals surface area contributed by atoms with Crippen molar-refractivity contribution < 1.29 is 18.7 Å². The van der Waals surface area contributed by atoms with E-state index in [0.29, 0.717) is 0 Å². The van der Waals surface area contributed by atoms with Crippen LogP contribution in [0.15, 0.2) is 6.07 Å². The minimum atomic E-state index is -2.82. The summed E-state index contributed by atoms with van der Waals surface area (Å²) in [7, 11) is 0. The van der Waals surface area contributed by atoms with Crippen molar-refractivity contribution in [3.63, 3.8) is 0 Å². The van der Waals surface area contributed by atoms with Crippen LogP contribution in [0.2, 0.25) is 0 Å². The number of rotatable bonds is 4. The van der Waals surface area contributed by atoms with Gasteiger partial charge in [-0.1, -0.05) is 15.9 Å². The van der Waals surface area contributed by atoms with Gasteiger partial charge in [0.1, 0.15) is 11.8 Å². The van der Waals surface area contributed by atoms with Gasteiger partial charge < -0.3 is 5.11 Å². The lowest BCUT2D eigenvalue weighted by molar-refractivity contribution is -0.136. The van der Waals surface area contributed by atoms with Crippen LogP contribution in [0, 0.1) is 11.3 Å². The number of pyridine rings is 1. The predicted molar refractivity (Wildman–Crippen MR) is 57.9 cm³/mol. The van der Waals surface area contributed by atoms with Gasteiger partial charge in [-0.15, -0.1) is 0 Å². The molecule has 1 N–H and O–H groups in total. The second-order valence-corrected chi connectivity index (χ2v) is 3.70. The van der Waals surface area contributed by atoms with E-state index in [2.05, 4.69) is 20.9 Å². The van der Waals surface area contributed by atoms with E-state index in [1.807, 2.05) is 0 Å². The van der Waals surface area contributed by atoms with Gasteiger partial charge >= 0.3 is 5.97 Å². The molecule has 0 saturated carbocycles. The Morgan fingerprint density at radius 2 is 2.29 bits per heavy atom. The van der Waals surface area contributed by atoms with Crippen LogP contribution in [0.25, 0.3) is 0 Å². The van der Waals surface area contributed by atoms with Gasteiger partial charge in [-0.25, -0.2) is 13.8 Å². The lowest BCUT2D eigenvalue weighted by Gasteiger charge is -2.11. The van der Waals surface area contributed by atoms with E-state index in [1.165, 1.54) is 6.07 Å². The van der Waals surface area contributed by atoms with Gasteiger partial charge in [0.25, 0.3) is 6.43 Å². The standard InChI is InChI=1S/C10H7BrF2N2O2/c11-3-5-1-6(4-14)15-7(2-8(16)17)9(5)10(12)13/h1,10H,2-3H2,(H,16,17). The molecule has 1 heterocycles. The second-order valence-electron chi connectivity index (χ2n) is 3.14. The fourth-order valence-electron chi connectivity index (χ4n) is 1.38. The van der Waals surface area contributed by atoms with Gasteiger partial charge in [0, 0.05) is 10.9 Å². The van der Waals surface area contributed by atoms with Crippen molar-refractivity contribution in [3.05, 3.63) is 28.6 Å². The predicted octanol–water partition coefficient (Wildman–Crippen LogP) is 2.41. The molecule has 4 nitrogen and oxygen atoms in total. The highest BCUT2D eigenvalue weighted by Gasteiger charge is 2.21. The van der Waals surface area contributed by atoms with Crippen molar-refractivity contribution in [1.29, 1.82) is 5.26 Å². The average molecular weight is 305 g/mol. The molecule has 0 amide bonds. The zero-order chi connectivity index (χ0) is 13.0. The summed E-state index contributed by atoms with van der Waals surface area (Å²) >= 11 is 3.02. The van der Waals surface area contributed by atoms with E-state index < -0.39 is 24.4 Å². The molecule has 1 rings (SSSR count). The maximum atomic E-state index is 12.8. The Balaban J connectivity index is 3.41. The number of aromatic nitrogens is 1. The topological polar surface area (TPSA) is 74.0 Å². The highest BCUT2D eigenvalue weighted by molar-refractivity contribution is 9.08. The van der Waals surface area contributed by atoms with E-state index in [1.54, 1.807) is 6.07 Å². The first-order chi connectivity index (χ1) is 7.99. The van der Waals surface area contributed by atoms with Crippen LogP contribution < -0.4 is 0 Å². The van der Waals surface area contributed by atoms with Crippen LogP contribution in [-0.4, -0.2) is 16.1 Å². The molecule has 0 aliphatic rings. The zero-order valence-corrected chi connectivity index (χ0v) is 10.0. The Morgan fingerprint density at radius 1 is 1.65 bits per heavy atom. The molecule has 0 aliphatic heterocycles. The lowest BCUT2D eigenvalue weighted by Crippen LogP contribution is -2.10. The van der Waals surface area contributed by atoms with Gasteiger partial charge in [-0.2, -0.15) is 5.26 Å². The molecule has 7 heteroatoms. The van der Waals surface area contributed by atoms with Crippen molar-refractivity contribution in [2.24, 2.45) is 0 Å². The van der Waals surface area contributed by atoms with Crippen LogP contribution in [-0.2, 0) is 16.5 Å². The molecule has 0 radical (unpaired) electrons. The van der Waals surface area contributed by atoms with Gasteiger partial charge in [0.2, 0.25) is 0 Å². The number of carboxylic acids is 1. The Hall–Kier alpha value is -1.55. The summed E-state index contributed by atoms with van der Waals surface area (Å²) in [4.78, 5) is 14.2. The van der Waals surface area contributed by atoms with Crippen molar-refractivity contribution in [3.8, 4) is 6.07 Å². The minimum Gasteiger partial charge on any atom is -0.481 e.